The summed E-state index contributed by atoms with van der Waals surface area (Å²) < 4.78 is 0. The Morgan fingerprint density at radius 2 is 2.13 bits per heavy atom. The Morgan fingerprint density at radius 1 is 1.43 bits per heavy atom. The first-order valence-corrected chi connectivity index (χ1v) is 7.26. The first-order chi connectivity index (χ1) is 11.1. The number of benzene rings is 1. The van der Waals surface area contributed by atoms with Gasteiger partial charge in [0.15, 0.2) is 0 Å². The van der Waals surface area contributed by atoms with E-state index in [2.05, 4.69) is 15.5 Å². The molecule has 1 heterocycles. The summed E-state index contributed by atoms with van der Waals surface area (Å²) in [6, 6.07) is 8.22. The van der Waals surface area contributed by atoms with Crippen LogP contribution in [0, 0.1) is 10.1 Å². The normalized spacial score (nSPS) is 11.9. The lowest BCUT2D eigenvalue weighted by molar-refractivity contribution is -0.385. The number of amides is 1. The van der Waals surface area contributed by atoms with Crippen LogP contribution in [0.15, 0.2) is 30.3 Å². The van der Waals surface area contributed by atoms with Gasteiger partial charge in [0.05, 0.1) is 17.6 Å². The number of nitrogens with zero attached hydrogens (tertiary/aromatic N) is 2. The number of nitrogens with one attached hydrogen (secondary N) is 2. The average molecular weight is 318 g/mol. The molecular weight excluding hydrogens is 300 g/mol. The maximum absolute atomic E-state index is 12.3. The van der Waals surface area contributed by atoms with Gasteiger partial charge in [-0.05, 0) is 12.0 Å². The lowest BCUT2D eigenvalue weighted by Crippen LogP contribution is -2.31. The first-order valence-electron chi connectivity index (χ1n) is 7.26. The molecule has 0 saturated heterocycles. The lowest BCUT2D eigenvalue weighted by Gasteiger charge is -2.15. The Balaban J connectivity index is 2.25. The fourth-order valence-corrected chi connectivity index (χ4v) is 2.30. The fraction of sp³-hybridized carbons (Fsp3) is 0.333. The van der Waals surface area contributed by atoms with E-state index in [0.29, 0.717) is 24.1 Å². The number of carbonyl (C=O) groups is 1. The third kappa shape index (κ3) is 3.72. The quantitative estimate of drug-likeness (QED) is 0.530. The van der Waals surface area contributed by atoms with Crippen LogP contribution in [0.1, 0.15) is 41.1 Å². The Kier molecular flexibility index (Phi) is 5.42. The van der Waals surface area contributed by atoms with Crippen molar-refractivity contribution in [1.82, 2.24) is 15.5 Å². The molecule has 1 amide bonds. The summed E-state index contributed by atoms with van der Waals surface area (Å²) in [5.41, 5.74) is 0.445. The maximum Gasteiger partial charge on any atom is 0.322 e. The van der Waals surface area contributed by atoms with Crippen LogP contribution >= 0.6 is 0 Å². The number of aliphatic hydroxyl groups excluding tert-OH is 1. The number of carbonyl (C=O) groups excluding carboxylic acids is 1. The van der Waals surface area contributed by atoms with E-state index in [-0.39, 0.29) is 18.0 Å². The van der Waals surface area contributed by atoms with Gasteiger partial charge in [0, 0.05) is 0 Å². The molecule has 0 aliphatic carbocycles. The van der Waals surface area contributed by atoms with Crippen molar-refractivity contribution >= 4 is 11.6 Å². The summed E-state index contributed by atoms with van der Waals surface area (Å²) >= 11 is 0. The Morgan fingerprint density at radius 3 is 2.70 bits per heavy atom. The molecule has 8 nitrogen and oxygen atoms in total. The second kappa shape index (κ2) is 7.50. The van der Waals surface area contributed by atoms with Gasteiger partial charge in [-0.3, -0.25) is 20.0 Å². The van der Waals surface area contributed by atoms with Crippen molar-refractivity contribution in [1.29, 1.82) is 0 Å². The van der Waals surface area contributed by atoms with Crippen molar-refractivity contribution in [2.45, 2.75) is 25.8 Å². The predicted octanol–water partition coefficient (Wildman–Crippen LogP) is 1.73. The van der Waals surface area contributed by atoms with Gasteiger partial charge >= 0.3 is 5.69 Å². The molecule has 0 unspecified atom stereocenters. The SMILES string of the molecule is CCCc1[nH]nc(C(=O)N[C@H](CO)c2ccccc2)c1[N+](=O)[O-]. The number of aromatic amines is 1. The number of hydrogen-bond acceptors (Lipinski definition) is 5. The molecule has 2 rings (SSSR count). The van der Waals surface area contributed by atoms with Crippen LogP contribution < -0.4 is 5.32 Å². The van der Waals surface area contributed by atoms with Crippen LogP contribution in [0.25, 0.3) is 0 Å². The van der Waals surface area contributed by atoms with Gasteiger partial charge in [0.1, 0.15) is 5.69 Å². The zero-order valence-corrected chi connectivity index (χ0v) is 12.7. The minimum Gasteiger partial charge on any atom is -0.394 e. The zero-order chi connectivity index (χ0) is 16.8. The van der Waals surface area contributed by atoms with Gasteiger partial charge < -0.3 is 10.4 Å². The zero-order valence-electron chi connectivity index (χ0n) is 12.7. The van der Waals surface area contributed by atoms with E-state index < -0.39 is 16.9 Å². The molecule has 1 aromatic heterocycles. The smallest absolute Gasteiger partial charge is 0.322 e. The molecule has 1 atom stereocenters. The highest BCUT2D eigenvalue weighted by Gasteiger charge is 2.29. The topological polar surface area (TPSA) is 121 Å². The van der Waals surface area contributed by atoms with Gasteiger partial charge in [-0.2, -0.15) is 5.10 Å². The van der Waals surface area contributed by atoms with E-state index in [4.69, 9.17) is 0 Å². The highest BCUT2D eigenvalue weighted by atomic mass is 16.6. The van der Waals surface area contributed by atoms with Crippen LogP contribution in [0.3, 0.4) is 0 Å². The summed E-state index contributed by atoms with van der Waals surface area (Å²) in [5, 5.41) is 29.6. The lowest BCUT2D eigenvalue weighted by atomic mass is 10.1. The van der Waals surface area contributed by atoms with Gasteiger partial charge in [0.25, 0.3) is 5.91 Å². The molecule has 23 heavy (non-hydrogen) atoms. The minimum atomic E-state index is -0.696. The highest BCUT2D eigenvalue weighted by Crippen LogP contribution is 2.23. The summed E-state index contributed by atoms with van der Waals surface area (Å²) in [4.78, 5) is 22.9. The van der Waals surface area contributed by atoms with Crippen molar-refractivity contribution in [3.63, 3.8) is 0 Å². The molecule has 8 heteroatoms. The summed E-state index contributed by atoms with van der Waals surface area (Å²) in [5.74, 6) is -0.696. The van der Waals surface area contributed by atoms with Gasteiger partial charge in [0.2, 0.25) is 5.69 Å². The molecule has 0 bridgehead atoms. The van der Waals surface area contributed by atoms with Gasteiger partial charge in [-0.1, -0.05) is 43.7 Å². The van der Waals surface area contributed by atoms with Crippen LogP contribution in [0.2, 0.25) is 0 Å². The molecule has 3 N–H and O–H groups in total. The summed E-state index contributed by atoms with van der Waals surface area (Å²) in [6.45, 7) is 1.55. The molecule has 0 fully saturated rings. The van der Waals surface area contributed by atoms with Crippen LogP contribution in [-0.2, 0) is 6.42 Å². The molecule has 2 aromatic rings. The number of hydrogen-bond donors (Lipinski definition) is 3. The van der Waals surface area contributed by atoms with Crippen LogP contribution in [0.4, 0.5) is 5.69 Å². The van der Waals surface area contributed by atoms with Crippen molar-refractivity contribution in [2.24, 2.45) is 0 Å². The standard InChI is InChI=1S/C15H18N4O4/c1-2-6-11-14(19(22)23)13(18-17-11)15(21)16-12(9-20)10-7-4-3-5-8-10/h3-5,7-8,12,20H,2,6,9H2,1H3,(H,16,21)(H,17,18)/t12-/m1/s1. The number of aliphatic hydroxyl groups is 1. The number of aromatic nitrogens is 2. The van der Waals surface area contributed by atoms with E-state index in [0.717, 1.165) is 0 Å². The first kappa shape index (κ1) is 16.6. The number of nitro groups is 1. The molecule has 0 radical (unpaired) electrons. The Labute approximate surface area is 132 Å². The molecule has 1 aromatic carbocycles. The average Bonchev–Trinajstić information content (AvgIpc) is 2.97. The molecule has 0 spiro atoms. The second-order valence-electron chi connectivity index (χ2n) is 5.03. The van der Waals surface area contributed by atoms with Crippen LogP contribution in [-0.4, -0.2) is 32.7 Å². The summed E-state index contributed by atoms with van der Waals surface area (Å²) in [6.07, 6.45) is 1.12. The van der Waals surface area contributed by atoms with E-state index in [1.165, 1.54) is 0 Å². The second-order valence-corrected chi connectivity index (χ2v) is 5.03. The van der Waals surface area contributed by atoms with Gasteiger partial charge in [-0.15, -0.1) is 0 Å². The van der Waals surface area contributed by atoms with E-state index >= 15 is 0 Å². The number of H-pyrrole nitrogens is 1. The van der Waals surface area contributed by atoms with Crippen molar-refractivity contribution in [2.75, 3.05) is 6.61 Å². The Bertz CT molecular complexity index is 684. The van der Waals surface area contributed by atoms with E-state index in [1.807, 2.05) is 13.0 Å². The largest absolute Gasteiger partial charge is 0.394 e. The molecule has 122 valence electrons. The minimum absolute atomic E-state index is 0.271. The third-order valence-corrected chi connectivity index (χ3v) is 3.40. The summed E-state index contributed by atoms with van der Waals surface area (Å²) in [7, 11) is 0. The van der Waals surface area contributed by atoms with Crippen LogP contribution in [0.5, 0.6) is 0 Å². The van der Waals surface area contributed by atoms with E-state index in [1.54, 1.807) is 24.3 Å². The predicted molar refractivity (Wildman–Crippen MR) is 83.0 cm³/mol. The molecule has 0 aliphatic rings. The maximum atomic E-state index is 12.3. The highest BCUT2D eigenvalue weighted by molar-refractivity contribution is 5.96. The number of rotatable bonds is 7. The van der Waals surface area contributed by atoms with Crippen molar-refractivity contribution < 1.29 is 14.8 Å². The van der Waals surface area contributed by atoms with Crippen molar-refractivity contribution in [3.05, 3.63) is 57.4 Å². The number of aryl methyl sites for hydroxylation is 1. The fourth-order valence-electron chi connectivity index (χ4n) is 2.30. The monoisotopic (exact) mass is 318 g/mol. The molecule has 0 aliphatic heterocycles. The molecule has 0 saturated carbocycles. The van der Waals surface area contributed by atoms with Crippen molar-refractivity contribution in [3.8, 4) is 0 Å². The third-order valence-electron chi connectivity index (χ3n) is 3.40. The molecular formula is C15H18N4O4. The van der Waals surface area contributed by atoms with E-state index in [9.17, 15) is 20.0 Å². The van der Waals surface area contributed by atoms with Gasteiger partial charge in [-0.25, -0.2) is 0 Å². The Hall–Kier alpha value is -2.74.